The van der Waals surface area contributed by atoms with E-state index >= 15 is 0 Å². The maximum absolute atomic E-state index is 11.5. The van der Waals surface area contributed by atoms with Crippen molar-refractivity contribution in [3.05, 3.63) is 18.2 Å². The molecule has 1 aromatic carbocycles. The van der Waals surface area contributed by atoms with Crippen molar-refractivity contribution in [1.82, 2.24) is 0 Å². The second-order valence-corrected chi connectivity index (χ2v) is 4.97. The highest BCUT2D eigenvalue weighted by Gasteiger charge is 2.24. The standard InChI is InChI=1S/C8H9NO3S/c10-6-2-1-3-7-8(6)9-4-5-13(7,11)12/h1-3,9-10H,4-5H2. The monoisotopic (exact) mass is 199 g/mol. The van der Waals surface area contributed by atoms with Gasteiger partial charge in [0.2, 0.25) is 0 Å². The van der Waals surface area contributed by atoms with Crippen molar-refractivity contribution in [1.29, 1.82) is 0 Å². The fraction of sp³-hybridized carbons (Fsp3) is 0.250. The Bertz CT molecular complexity index is 439. The van der Waals surface area contributed by atoms with Crippen LogP contribution in [0.2, 0.25) is 0 Å². The molecule has 1 aromatic rings. The summed E-state index contributed by atoms with van der Waals surface area (Å²) in [5.41, 5.74) is 0.328. The predicted octanol–water partition coefficient (Wildman–Crippen LogP) is 0.591. The van der Waals surface area contributed by atoms with E-state index in [1.165, 1.54) is 18.2 Å². The van der Waals surface area contributed by atoms with Gasteiger partial charge in [0.15, 0.2) is 9.84 Å². The van der Waals surface area contributed by atoms with E-state index in [0.717, 1.165) is 0 Å². The van der Waals surface area contributed by atoms with Crippen molar-refractivity contribution in [3.63, 3.8) is 0 Å². The van der Waals surface area contributed by atoms with Crippen LogP contribution in [0.4, 0.5) is 5.69 Å². The van der Waals surface area contributed by atoms with Gasteiger partial charge in [-0.05, 0) is 12.1 Å². The number of aromatic hydroxyl groups is 1. The van der Waals surface area contributed by atoms with Gasteiger partial charge >= 0.3 is 0 Å². The Hall–Kier alpha value is -1.23. The van der Waals surface area contributed by atoms with Crippen LogP contribution in [0.1, 0.15) is 0 Å². The number of sulfone groups is 1. The molecule has 2 rings (SSSR count). The van der Waals surface area contributed by atoms with Gasteiger partial charge in [-0.2, -0.15) is 0 Å². The van der Waals surface area contributed by atoms with Gasteiger partial charge in [0.25, 0.3) is 0 Å². The minimum absolute atomic E-state index is 0.0132. The minimum atomic E-state index is -3.19. The van der Waals surface area contributed by atoms with Gasteiger partial charge in [-0.15, -0.1) is 0 Å². The fourth-order valence-corrected chi connectivity index (χ4v) is 2.74. The van der Waals surface area contributed by atoms with Gasteiger partial charge in [-0.3, -0.25) is 0 Å². The van der Waals surface area contributed by atoms with E-state index in [9.17, 15) is 13.5 Å². The first-order chi connectivity index (χ1) is 6.11. The Kier molecular flexibility index (Phi) is 1.69. The van der Waals surface area contributed by atoms with Crippen LogP contribution >= 0.6 is 0 Å². The normalized spacial score (nSPS) is 18.8. The number of hydrogen-bond donors (Lipinski definition) is 2. The number of hydrogen-bond acceptors (Lipinski definition) is 4. The quantitative estimate of drug-likeness (QED) is 0.600. The van der Waals surface area contributed by atoms with E-state index in [4.69, 9.17) is 0 Å². The number of phenols is 1. The average molecular weight is 199 g/mol. The summed E-state index contributed by atoms with van der Waals surface area (Å²) in [6, 6.07) is 4.49. The molecule has 4 nitrogen and oxygen atoms in total. The summed E-state index contributed by atoms with van der Waals surface area (Å²) in [7, 11) is -3.19. The van der Waals surface area contributed by atoms with Crippen molar-refractivity contribution in [2.75, 3.05) is 17.6 Å². The molecule has 1 heterocycles. The van der Waals surface area contributed by atoms with Gasteiger partial charge in [-0.25, -0.2) is 8.42 Å². The molecule has 2 N–H and O–H groups in total. The predicted molar refractivity (Wildman–Crippen MR) is 48.6 cm³/mol. The van der Waals surface area contributed by atoms with Gasteiger partial charge < -0.3 is 10.4 Å². The minimum Gasteiger partial charge on any atom is -0.506 e. The van der Waals surface area contributed by atoms with E-state index in [1.807, 2.05) is 0 Å². The molecule has 5 heteroatoms. The van der Waals surface area contributed by atoms with Crippen LogP contribution in [0.15, 0.2) is 23.1 Å². The third-order valence-corrected chi connectivity index (χ3v) is 3.76. The molecule has 0 bridgehead atoms. The van der Waals surface area contributed by atoms with E-state index in [2.05, 4.69) is 5.32 Å². The van der Waals surface area contributed by atoms with Crippen LogP contribution in [0, 0.1) is 0 Å². The molecule has 70 valence electrons. The lowest BCUT2D eigenvalue weighted by molar-refractivity contribution is 0.475. The molecule has 0 aliphatic carbocycles. The zero-order chi connectivity index (χ0) is 9.47. The van der Waals surface area contributed by atoms with Crippen molar-refractivity contribution >= 4 is 15.5 Å². The SMILES string of the molecule is O=S1(=O)CCNc2c(O)cccc21. The maximum atomic E-state index is 11.5. The number of fused-ring (bicyclic) bond motifs is 1. The molecule has 13 heavy (non-hydrogen) atoms. The van der Waals surface area contributed by atoms with Crippen LogP contribution in [0.5, 0.6) is 5.75 Å². The number of benzene rings is 1. The van der Waals surface area contributed by atoms with Crippen LogP contribution in [-0.4, -0.2) is 25.8 Å². The molecule has 1 aliphatic heterocycles. The summed E-state index contributed by atoms with van der Waals surface area (Å²) in [6.45, 7) is 0.354. The number of phenolic OH excluding ortho intramolecular Hbond substituents is 1. The maximum Gasteiger partial charge on any atom is 0.182 e. The first-order valence-corrected chi connectivity index (χ1v) is 5.55. The molecule has 0 saturated carbocycles. The zero-order valence-electron chi connectivity index (χ0n) is 6.82. The lowest BCUT2D eigenvalue weighted by Gasteiger charge is -2.18. The molecule has 0 aromatic heterocycles. The topological polar surface area (TPSA) is 66.4 Å². The summed E-state index contributed by atoms with van der Waals surface area (Å²) in [5.74, 6) is 0.0736. The molecule has 0 unspecified atom stereocenters. The summed E-state index contributed by atoms with van der Waals surface area (Å²) in [4.78, 5) is 0.193. The average Bonchev–Trinajstić information content (AvgIpc) is 2.06. The molecule has 0 radical (unpaired) electrons. The molecule has 0 saturated heterocycles. The highest BCUT2D eigenvalue weighted by molar-refractivity contribution is 7.91. The molecule has 1 aliphatic rings. The van der Waals surface area contributed by atoms with Crippen LogP contribution in [-0.2, 0) is 9.84 Å². The van der Waals surface area contributed by atoms with Gasteiger partial charge in [0, 0.05) is 6.54 Å². The molecule has 0 spiro atoms. The third kappa shape index (κ3) is 1.25. The summed E-state index contributed by atoms with van der Waals surface area (Å²) in [5, 5.41) is 12.2. The Labute approximate surface area is 76.1 Å². The number of rotatable bonds is 0. The molecule has 0 atom stereocenters. The van der Waals surface area contributed by atoms with Crippen LogP contribution < -0.4 is 5.32 Å². The molecule has 0 fully saturated rings. The summed E-state index contributed by atoms with van der Waals surface area (Å²) >= 11 is 0. The van der Waals surface area contributed by atoms with Crippen LogP contribution in [0.3, 0.4) is 0 Å². The lowest BCUT2D eigenvalue weighted by Crippen LogP contribution is -2.23. The second kappa shape index (κ2) is 2.63. The van der Waals surface area contributed by atoms with Crippen molar-refractivity contribution in [2.24, 2.45) is 0 Å². The van der Waals surface area contributed by atoms with Gasteiger partial charge in [0.1, 0.15) is 5.75 Å². The number of anilines is 1. The summed E-state index contributed by atoms with van der Waals surface area (Å²) < 4.78 is 22.9. The lowest BCUT2D eigenvalue weighted by atomic mass is 10.3. The van der Waals surface area contributed by atoms with Crippen LogP contribution in [0.25, 0.3) is 0 Å². The molecular weight excluding hydrogens is 190 g/mol. The third-order valence-electron chi connectivity index (χ3n) is 2.01. The molecular formula is C8H9NO3S. The first kappa shape index (κ1) is 8.37. The Balaban J connectivity index is 2.73. The van der Waals surface area contributed by atoms with E-state index in [-0.39, 0.29) is 16.4 Å². The Morgan fingerprint density at radius 2 is 2.15 bits per heavy atom. The summed E-state index contributed by atoms with van der Waals surface area (Å²) in [6.07, 6.45) is 0. The van der Waals surface area contributed by atoms with Crippen molar-refractivity contribution in [3.8, 4) is 5.75 Å². The first-order valence-electron chi connectivity index (χ1n) is 3.90. The molecule has 0 amide bonds. The van der Waals surface area contributed by atoms with Gasteiger partial charge in [0.05, 0.1) is 16.3 Å². The Morgan fingerprint density at radius 3 is 2.85 bits per heavy atom. The number of para-hydroxylation sites is 1. The van der Waals surface area contributed by atoms with E-state index < -0.39 is 9.84 Å². The Morgan fingerprint density at radius 1 is 1.38 bits per heavy atom. The largest absolute Gasteiger partial charge is 0.506 e. The van der Waals surface area contributed by atoms with E-state index in [0.29, 0.717) is 12.2 Å². The van der Waals surface area contributed by atoms with Crippen molar-refractivity contribution < 1.29 is 13.5 Å². The van der Waals surface area contributed by atoms with Crippen molar-refractivity contribution in [2.45, 2.75) is 4.90 Å². The van der Waals surface area contributed by atoms with E-state index in [1.54, 1.807) is 0 Å². The van der Waals surface area contributed by atoms with Gasteiger partial charge in [-0.1, -0.05) is 6.07 Å². The zero-order valence-corrected chi connectivity index (χ0v) is 7.63. The second-order valence-electron chi connectivity index (χ2n) is 2.90. The highest BCUT2D eigenvalue weighted by Crippen LogP contribution is 2.33. The fourth-order valence-electron chi connectivity index (χ4n) is 1.38. The highest BCUT2D eigenvalue weighted by atomic mass is 32.2. The smallest absolute Gasteiger partial charge is 0.182 e. The number of nitrogens with one attached hydrogen (secondary N) is 1.